The highest BCUT2D eigenvalue weighted by Crippen LogP contribution is 2.27. The van der Waals surface area contributed by atoms with E-state index in [1.54, 1.807) is 40.0 Å². The number of nitrogens with one attached hydrogen (secondary N) is 3. The van der Waals surface area contributed by atoms with Gasteiger partial charge in [0, 0.05) is 5.56 Å². The summed E-state index contributed by atoms with van der Waals surface area (Å²) < 4.78 is 79.4. The molecular formula is C33H36F6N5O4+. The molecule has 258 valence electrons. The number of carbonyl (C=O) groups excluding carboxylic acids is 2. The van der Waals surface area contributed by atoms with Gasteiger partial charge in [0.05, 0.1) is 30.4 Å². The van der Waals surface area contributed by atoms with E-state index in [1.807, 2.05) is 30.5 Å². The summed E-state index contributed by atoms with van der Waals surface area (Å²) in [5, 5.41) is 14.1. The zero-order valence-corrected chi connectivity index (χ0v) is 26.3. The number of alkyl halides is 6. The molecule has 4 aromatic rings. The number of quaternary nitrogens is 1. The summed E-state index contributed by atoms with van der Waals surface area (Å²) in [7, 11) is 0. The van der Waals surface area contributed by atoms with Crippen LogP contribution in [0.15, 0.2) is 67.1 Å². The molecule has 0 aliphatic carbocycles. The van der Waals surface area contributed by atoms with E-state index in [0.29, 0.717) is 17.8 Å². The van der Waals surface area contributed by atoms with E-state index >= 15 is 0 Å². The van der Waals surface area contributed by atoms with Crippen LogP contribution < -0.4 is 24.6 Å². The number of carboxylic acid groups (broad SMARTS) is 1. The number of hydrogen-bond donors (Lipinski definition) is 3. The quantitative estimate of drug-likeness (QED) is 0.185. The van der Waals surface area contributed by atoms with Gasteiger partial charge in [-0.05, 0) is 65.6 Å². The van der Waals surface area contributed by atoms with Crippen molar-refractivity contribution in [2.45, 2.75) is 51.5 Å². The topological polar surface area (TPSA) is 116 Å². The van der Waals surface area contributed by atoms with Crippen molar-refractivity contribution < 1.29 is 55.2 Å². The normalized spacial score (nSPS) is 14.7. The third-order valence-electron chi connectivity index (χ3n) is 7.86. The van der Waals surface area contributed by atoms with E-state index in [9.17, 15) is 31.1 Å². The maximum atomic E-state index is 13.4. The number of halogens is 6. The van der Waals surface area contributed by atoms with Gasteiger partial charge in [-0.15, -0.1) is 4.52 Å². The maximum absolute atomic E-state index is 13.4. The molecule has 3 N–H and O–H groups in total. The van der Waals surface area contributed by atoms with Gasteiger partial charge in [0.2, 0.25) is 0 Å². The Bertz CT molecular complexity index is 1680. The molecule has 3 heterocycles. The zero-order chi connectivity index (χ0) is 35.1. The summed E-state index contributed by atoms with van der Waals surface area (Å²) in [6, 6.07) is 12.5. The Morgan fingerprint density at radius 3 is 2.27 bits per heavy atom. The van der Waals surface area contributed by atoms with Crippen LogP contribution in [0.1, 0.15) is 43.5 Å². The van der Waals surface area contributed by atoms with Gasteiger partial charge in [0.25, 0.3) is 5.91 Å². The molecule has 1 atom stereocenters. The number of carboxylic acids is 1. The number of ether oxygens (including phenoxy) is 1. The number of carbonyl (C=O) groups is 2. The molecule has 9 nitrogen and oxygen atoms in total. The molecule has 0 bridgehead atoms. The first-order chi connectivity index (χ1) is 22.6. The second-order valence-electron chi connectivity index (χ2n) is 11.8. The number of aliphatic carboxylic acids is 1. The standard InChI is InChI=1S/C31H34F3N5O2.C2HF3O2/c1-21(2)28(31(32,33)34)37-30(40)24-8-6-7-23(17-24)27-19-36-39-20-25(18-35-29(27)39)22-9-11-26(12-10-22)41-16-15-38-13-4-3-5-14-38;3-2(4,5)1(6)7/h6-12,17-21,28H,3-5,13-16H2,1-2H3,(H,37,40);(H,6,7)/p+1/t28-;/m1./s1. The summed E-state index contributed by atoms with van der Waals surface area (Å²) >= 11 is 0. The molecule has 1 amide bonds. The first-order valence-corrected chi connectivity index (χ1v) is 15.3. The van der Waals surface area contributed by atoms with Gasteiger partial charge in [0.1, 0.15) is 37.1 Å². The Hall–Kier alpha value is -4.66. The average Bonchev–Trinajstić information content (AvgIpc) is 3.47. The number of nitrogens with zero attached hydrogens (tertiary/aromatic N) is 2. The van der Waals surface area contributed by atoms with Crippen LogP contribution >= 0.6 is 0 Å². The lowest BCUT2D eigenvalue weighted by molar-refractivity contribution is -0.904. The largest absolute Gasteiger partial charge is 0.542 e. The van der Waals surface area contributed by atoms with E-state index in [-0.39, 0.29) is 5.56 Å². The molecule has 0 radical (unpaired) electrons. The first-order valence-electron chi connectivity index (χ1n) is 15.3. The zero-order valence-electron chi connectivity index (χ0n) is 26.3. The molecule has 1 aliphatic heterocycles. The molecule has 0 saturated carbocycles. The van der Waals surface area contributed by atoms with Gasteiger partial charge >= 0.3 is 18.0 Å². The minimum absolute atomic E-state index is 0.146. The van der Waals surface area contributed by atoms with E-state index in [4.69, 9.17) is 14.6 Å². The lowest BCUT2D eigenvalue weighted by Gasteiger charge is -2.25. The molecular weight excluding hydrogens is 644 g/mol. The van der Waals surface area contributed by atoms with Crippen molar-refractivity contribution in [1.29, 1.82) is 0 Å². The third kappa shape index (κ3) is 9.69. The molecule has 1 saturated heterocycles. The van der Waals surface area contributed by atoms with Gasteiger partial charge in [-0.1, -0.05) is 38.1 Å². The Kier molecular flexibility index (Phi) is 11.7. The van der Waals surface area contributed by atoms with Crippen molar-refractivity contribution in [3.63, 3.8) is 0 Å². The Morgan fingerprint density at radius 2 is 1.67 bits per heavy atom. The van der Waals surface area contributed by atoms with E-state index < -0.39 is 36.2 Å². The fourth-order valence-corrected chi connectivity index (χ4v) is 5.32. The summed E-state index contributed by atoms with van der Waals surface area (Å²) in [6.45, 7) is 7.05. The smallest absolute Gasteiger partial charge is 0.430 e. The van der Waals surface area contributed by atoms with Crippen LogP contribution in [0.2, 0.25) is 0 Å². The lowest BCUT2D eigenvalue weighted by atomic mass is 10.0. The fourth-order valence-electron chi connectivity index (χ4n) is 5.32. The predicted molar refractivity (Wildman–Crippen MR) is 161 cm³/mol. The van der Waals surface area contributed by atoms with E-state index in [0.717, 1.165) is 29.0 Å². The number of aromatic amines is 1. The number of fused-ring (bicyclic) bond motifs is 1. The Labute approximate surface area is 272 Å². The molecule has 15 heteroatoms. The van der Waals surface area contributed by atoms with Gasteiger partial charge < -0.3 is 24.9 Å². The number of rotatable bonds is 9. The molecule has 0 spiro atoms. The number of likely N-dealkylation sites (tertiary alicyclic amines) is 1. The van der Waals surface area contributed by atoms with E-state index in [1.165, 1.54) is 52.3 Å². The number of benzene rings is 2. The van der Waals surface area contributed by atoms with Crippen LogP contribution in [0.5, 0.6) is 5.75 Å². The van der Waals surface area contributed by atoms with Gasteiger partial charge in [0.15, 0.2) is 6.20 Å². The highest BCUT2D eigenvalue weighted by molar-refractivity contribution is 5.96. The van der Waals surface area contributed by atoms with E-state index in [2.05, 4.69) is 15.4 Å². The molecule has 0 unspecified atom stereocenters. The number of piperidine rings is 1. The van der Waals surface area contributed by atoms with Gasteiger partial charge in [-0.2, -0.15) is 26.3 Å². The molecule has 1 aliphatic rings. The van der Waals surface area contributed by atoms with Gasteiger partial charge in [-0.25, -0.2) is 5.10 Å². The van der Waals surface area contributed by atoms with Crippen molar-refractivity contribution >= 4 is 17.5 Å². The van der Waals surface area contributed by atoms with Crippen LogP contribution in [0.4, 0.5) is 26.3 Å². The molecule has 5 rings (SSSR count). The summed E-state index contributed by atoms with van der Waals surface area (Å²) in [4.78, 5) is 27.7. The summed E-state index contributed by atoms with van der Waals surface area (Å²) in [6.07, 6.45) is -0.320. The van der Waals surface area contributed by atoms with Crippen LogP contribution in [-0.2, 0) is 4.79 Å². The monoisotopic (exact) mass is 680 g/mol. The Balaban J connectivity index is 0.000000671. The molecule has 2 aromatic carbocycles. The van der Waals surface area contributed by atoms with Crippen molar-refractivity contribution in [1.82, 2.24) is 15.4 Å². The minimum Gasteiger partial charge on any atom is -0.542 e. The summed E-state index contributed by atoms with van der Waals surface area (Å²) in [5.74, 6) is -3.73. The average molecular weight is 681 g/mol. The molecule has 1 fully saturated rings. The van der Waals surface area contributed by atoms with Crippen molar-refractivity contribution in [2.75, 3.05) is 26.2 Å². The second-order valence-corrected chi connectivity index (χ2v) is 11.8. The number of hydrogen-bond acceptors (Lipinski definition) is 5. The van der Waals surface area contributed by atoms with Crippen LogP contribution in [-0.4, -0.2) is 66.6 Å². The highest BCUT2D eigenvalue weighted by atomic mass is 19.4. The van der Waals surface area contributed by atoms with Gasteiger partial charge in [-0.3, -0.25) is 4.79 Å². The third-order valence-corrected chi connectivity index (χ3v) is 7.86. The van der Waals surface area contributed by atoms with Crippen molar-refractivity contribution in [2.24, 2.45) is 5.92 Å². The second kappa shape index (κ2) is 15.5. The molecule has 2 aromatic heterocycles. The van der Waals surface area contributed by atoms with Crippen LogP contribution in [0.25, 0.3) is 27.9 Å². The number of H-pyrrole nitrogens is 1. The SMILES string of the molecule is CC(C)[C@@H](NC(=O)c1cccc(-c2c[nH][n+]3cc(-c4ccc(OCC[NH+]5CCCCC5)cc4)cnc23)c1)C(F)(F)F.O=C([O-])C(F)(F)F. The maximum Gasteiger partial charge on any atom is 0.430 e. The number of amides is 1. The highest BCUT2D eigenvalue weighted by Gasteiger charge is 2.42. The lowest BCUT2D eigenvalue weighted by Crippen LogP contribution is -3.13. The number of aromatic nitrogens is 3. The van der Waals surface area contributed by atoms with Crippen molar-refractivity contribution in [3.8, 4) is 28.0 Å². The fraction of sp³-hybridized carbons (Fsp3) is 0.394. The van der Waals surface area contributed by atoms with Crippen molar-refractivity contribution in [3.05, 3.63) is 72.7 Å². The van der Waals surface area contributed by atoms with Crippen LogP contribution in [0.3, 0.4) is 0 Å². The molecule has 48 heavy (non-hydrogen) atoms. The minimum atomic E-state index is -5.19. The van der Waals surface area contributed by atoms with Crippen LogP contribution in [0, 0.1) is 5.92 Å². The Morgan fingerprint density at radius 1 is 1.00 bits per heavy atom. The summed E-state index contributed by atoms with van der Waals surface area (Å²) in [5.41, 5.74) is 4.05. The predicted octanol–water partition coefficient (Wildman–Crippen LogP) is 3.55. The first kappa shape index (κ1) is 36.2.